The second-order valence-corrected chi connectivity index (χ2v) is 8.99. The number of anilines is 1. The van der Waals surface area contributed by atoms with E-state index in [0.717, 1.165) is 48.9 Å². The van der Waals surface area contributed by atoms with Crippen LogP contribution >= 0.6 is 0 Å². The largest absolute Gasteiger partial charge is 0.444 e. The van der Waals surface area contributed by atoms with Gasteiger partial charge in [-0.25, -0.2) is 4.98 Å². The summed E-state index contributed by atoms with van der Waals surface area (Å²) in [5.41, 5.74) is 0.868. The van der Waals surface area contributed by atoms with Crippen LogP contribution in [0, 0.1) is 0 Å². The zero-order valence-electron chi connectivity index (χ0n) is 20.4. The average Bonchev–Trinajstić information content (AvgIpc) is 3.11. The van der Waals surface area contributed by atoms with Gasteiger partial charge in [-0.2, -0.15) is 13.2 Å². The maximum atomic E-state index is 13.2. The molecule has 9 heteroatoms. The number of benzene rings is 2. The molecule has 36 heavy (non-hydrogen) atoms. The first-order chi connectivity index (χ1) is 17.3. The number of carbonyl (C=O) groups is 1. The SMILES string of the molecule is CCCc1oc(CN2CCCN(CC(=O)Nc3ccccc3C(F)(F)F)CC2)nc1-c1ccccc1. The lowest BCUT2D eigenvalue weighted by atomic mass is 10.1. The lowest BCUT2D eigenvalue weighted by molar-refractivity contribution is -0.137. The van der Waals surface area contributed by atoms with E-state index < -0.39 is 17.6 Å². The third-order valence-electron chi connectivity index (χ3n) is 6.18. The van der Waals surface area contributed by atoms with Crippen molar-refractivity contribution in [3.63, 3.8) is 0 Å². The Labute approximate surface area is 209 Å². The highest BCUT2D eigenvalue weighted by atomic mass is 19.4. The van der Waals surface area contributed by atoms with Gasteiger partial charge < -0.3 is 9.73 Å². The van der Waals surface area contributed by atoms with Gasteiger partial charge in [0.05, 0.1) is 24.3 Å². The van der Waals surface area contributed by atoms with Crippen LogP contribution in [0.2, 0.25) is 0 Å². The number of nitrogens with zero attached hydrogens (tertiary/aromatic N) is 3. The summed E-state index contributed by atoms with van der Waals surface area (Å²) < 4.78 is 45.8. The number of alkyl halides is 3. The molecule has 1 aliphatic rings. The number of nitrogens with one attached hydrogen (secondary N) is 1. The fraction of sp³-hybridized carbons (Fsp3) is 0.407. The van der Waals surface area contributed by atoms with Crippen LogP contribution in [0.1, 0.15) is 37.0 Å². The number of para-hydroxylation sites is 1. The summed E-state index contributed by atoms with van der Waals surface area (Å²) in [4.78, 5) is 21.5. The molecule has 0 unspecified atom stereocenters. The van der Waals surface area contributed by atoms with Crippen LogP contribution in [0.25, 0.3) is 11.3 Å². The van der Waals surface area contributed by atoms with Crippen LogP contribution in [0.4, 0.5) is 18.9 Å². The lowest BCUT2D eigenvalue weighted by Crippen LogP contribution is -2.36. The van der Waals surface area contributed by atoms with Gasteiger partial charge in [-0.1, -0.05) is 49.4 Å². The zero-order valence-corrected chi connectivity index (χ0v) is 20.4. The van der Waals surface area contributed by atoms with Gasteiger partial charge in [-0.3, -0.25) is 14.6 Å². The van der Waals surface area contributed by atoms with Crippen molar-refractivity contribution < 1.29 is 22.4 Å². The van der Waals surface area contributed by atoms with Gasteiger partial charge in [0.1, 0.15) is 11.5 Å². The Balaban J connectivity index is 1.34. The highest BCUT2D eigenvalue weighted by Crippen LogP contribution is 2.34. The van der Waals surface area contributed by atoms with E-state index in [0.29, 0.717) is 32.1 Å². The summed E-state index contributed by atoms with van der Waals surface area (Å²) in [5, 5.41) is 2.43. The number of rotatable bonds is 8. The van der Waals surface area contributed by atoms with Crippen molar-refractivity contribution in [2.24, 2.45) is 0 Å². The number of hydrogen-bond donors (Lipinski definition) is 1. The molecule has 1 fully saturated rings. The number of halogens is 3. The van der Waals surface area contributed by atoms with E-state index in [1.54, 1.807) is 0 Å². The van der Waals surface area contributed by atoms with Gasteiger partial charge in [0.25, 0.3) is 0 Å². The summed E-state index contributed by atoms with van der Waals surface area (Å²) in [5.74, 6) is 1.11. The predicted molar refractivity (Wildman–Crippen MR) is 132 cm³/mol. The molecule has 0 bridgehead atoms. The molecule has 2 aromatic carbocycles. The maximum absolute atomic E-state index is 13.2. The molecule has 0 aliphatic carbocycles. The number of hydrogen-bond acceptors (Lipinski definition) is 5. The Kier molecular flexibility index (Phi) is 8.43. The second kappa shape index (κ2) is 11.7. The van der Waals surface area contributed by atoms with E-state index in [2.05, 4.69) is 17.1 Å². The van der Waals surface area contributed by atoms with Crippen molar-refractivity contribution in [1.82, 2.24) is 14.8 Å². The van der Waals surface area contributed by atoms with Crippen LogP contribution in [0.5, 0.6) is 0 Å². The van der Waals surface area contributed by atoms with Gasteiger partial charge in [0.15, 0.2) is 0 Å². The summed E-state index contributed by atoms with van der Waals surface area (Å²) in [7, 11) is 0. The second-order valence-electron chi connectivity index (χ2n) is 8.99. The van der Waals surface area contributed by atoms with Crippen LogP contribution < -0.4 is 5.32 Å². The van der Waals surface area contributed by atoms with Crippen LogP contribution in [0.3, 0.4) is 0 Å². The van der Waals surface area contributed by atoms with E-state index in [1.165, 1.54) is 18.2 Å². The number of amides is 1. The molecular weight excluding hydrogens is 469 g/mol. The average molecular weight is 501 g/mol. The van der Waals surface area contributed by atoms with E-state index in [1.807, 2.05) is 35.2 Å². The minimum Gasteiger partial charge on any atom is -0.444 e. The van der Waals surface area contributed by atoms with Gasteiger partial charge in [-0.05, 0) is 38.1 Å². The number of aromatic nitrogens is 1. The van der Waals surface area contributed by atoms with Crippen molar-refractivity contribution in [2.45, 2.75) is 38.9 Å². The molecular formula is C27H31F3N4O2. The molecule has 2 heterocycles. The molecule has 1 aliphatic heterocycles. The van der Waals surface area contributed by atoms with Crippen LogP contribution in [0.15, 0.2) is 59.0 Å². The summed E-state index contributed by atoms with van der Waals surface area (Å²) in [6.07, 6.45) is -1.91. The highest BCUT2D eigenvalue weighted by molar-refractivity contribution is 5.93. The lowest BCUT2D eigenvalue weighted by Gasteiger charge is -2.21. The molecule has 6 nitrogen and oxygen atoms in total. The van der Waals surface area contributed by atoms with Gasteiger partial charge in [-0.15, -0.1) is 0 Å². The third kappa shape index (κ3) is 6.73. The standard InChI is InChI=1S/C27H31F3N4O2/c1-2-9-23-26(20-10-4-3-5-11-20)32-25(36-23)19-34-15-8-14-33(16-17-34)18-24(35)31-22-13-7-6-12-21(22)27(28,29)30/h3-7,10-13H,2,8-9,14-19H2,1H3,(H,31,35). The molecule has 0 atom stereocenters. The Morgan fingerprint density at radius 3 is 2.44 bits per heavy atom. The summed E-state index contributed by atoms with van der Waals surface area (Å²) in [6, 6.07) is 15.0. The number of carbonyl (C=O) groups excluding carboxylic acids is 1. The first-order valence-corrected chi connectivity index (χ1v) is 12.3. The van der Waals surface area contributed by atoms with Gasteiger partial charge in [0, 0.05) is 25.1 Å². The maximum Gasteiger partial charge on any atom is 0.418 e. The first-order valence-electron chi connectivity index (χ1n) is 12.3. The van der Waals surface area contributed by atoms with Crippen molar-refractivity contribution >= 4 is 11.6 Å². The van der Waals surface area contributed by atoms with Crippen LogP contribution in [-0.2, 0) is 23.9 Å². The topological polar surface area (TPSA) is 61.6 Å². The van der Waals surface area contributed by atoms with Gasteiger partial charge in [0.2, 0.25) is 11.8 Å². The fourth-order valence-corrected chi connectivity index (χ4v) is 4.45. The quantitative estimate of drug-likeness (QED) is 0.445. The van der Waals surface area contributed by atoms with Crippen molar-refractivity contribution in [2.75, 3.05) is 38.0 Å². The van der Waals surface area contributed by atoms with Crippen molar-refractivity contribution in [3.05, 3.63) is 71.8 Å². The van der Waals surface area contributed by atoms with Gasteiger partial charge >= 0.3 is 6.18 Å². The molecule has 0 saturated carbocycles. The van der Waals surface area contributed by atoms with Crippen LogP contribution in [-0.4, -0.2) is 53.4 Å². The summed E-state index contributed by atoms with van der Waals surface area (Å²) >= 11 is 0. The van der Waals surface area contributed by atoms with Crippen molar-refractivity contribution in [3.8, 4) is 11.3 Å². The van der Waals surface area contributed by atoms with E-state index >= 15 is 0 Å². The predicted octanol–water partition coefficient (Wildman–Crippen LogP) is 5.46. The molecule has 1 aromatic heterocycles. The Bertz CT molecular complexity index is 1150. The highest BCUT2D eigenvalue weighted by Gasteiger charge is 2.33. The molecule has 0 spiro atoms. The molecule has 192 valence electrons. The number of aryl methyl sites for hydroxylation is 1. The van der Waals surface area contributed by atoms with E-state index in [4.69, 9.17) is 9.40 Å². The Hall–Kier alpha value is -3.17. The molecule has 3 aromatic rings. The Morgan fingerprint density at radius 1 is 1.00 bits per heavy atom. The minimum atomic E-state index is -4.52. The van der Waals surface area contributed by atoms with E-state index in [9.17, 15) is 18.0 Å². The molecule has 1 saturated heterocycles. The summed E-state index contributed by atoms with van der Waals surface area (Å²) in [6.45, 7) is 5.56. The molecule has 1 N–H and O–H groups in total. The minimum absolute atomic E-state index is 0.0395. The molecule has 1 amide bonds. The molecule has 0 radical (unpaired) electrons. The monoisotopic (exact) mass is 500 g/mol. The molecule has 4 rings (SSSR count). The Morgan fingerprint density at radius 2 is 1.69 bits per heavy atom. The third-order valence-corrected chi connectivity index (χ3v) is 6.18. The fourth-order valence-electron chi connectivity index (χ4n) is 4.45. The normalized spacial score (nSPS) is 15.6. The van der Waals surface area contributed by atoms with Crippen molar-refractivity contribution in [1.29, 1.82) is 0 Å². The van der Waals surface area contributed by atoms with E-state index in [-0.39, 0.29) is 12.2 Å². The zero-order chi connectivity index (χ0) is 25.5. The first kappa shape index (κ1) is 25.9. The number of oxazole rings is 1. The smallest absolute Gasteiger partial charge is 0.418 e.